The maximum absolute atomic E-state index is 12.7. The maximum atomic E-state index is 12.7. The first-order valence-corrected chi connectivity index (χ1v) is 9.43. The van der Waals surface area contributed by atoms with Crippen molar-refractivity contribution in [2.24, 2.45) is 16.2 Å². The lowest BCUT2D eigenvalue weighted by Gasteiger charge is -2.37. The minimum Gasteiger partial charge on any atom is -0.760 e. The average molecular weight is 369 g/mol. The number of allylic oxidation sites excluding steroid dienone is 3. The molecule has 25 heavy (non-hydrogen) atoms. The van der Waals surface area contributed by atoms with E-state index in [-0.39, 0.29) is 23.5 Å². The van der Waals surface area contributed by atoms with Gasteiger partial charge >= 0.3 is 0 Å². The normalized spacial score (nSPS) is 18.3. The maximum Gasteiger partial charge on any atom is 0.182 e. The van der Waals surface area contributed by atoms with Gasteiger partial charge in [-0.2, -0.15) is 0 Å². The van der Waals surface area contributed by atoms with Crippen molar-refractivity contribution >= 4 is 22.8 Å². The fourth-order valence-corrected chi connectivity index (χ4v) is 4.16. The van der Waals surface area contributed by atoms with E-state index in [1.165, 1.54) is 19.2 Å². The van der Waals surface area contributed by atoms with Crippen LogP contribution in [0, 0.1) is 16.2 Å². The molecule has 0 N–H and O–H groups in total. The van der Waals surface area contributed by atoms with Gasteiger partial charge in [0.25, 0.3) is 0 Å². The number of carbonyl (C=O) groups is 2. The van der Waals surface area contributed by atoms with E-state index in [4.69, 9.17) is 0 Å². The van der Waals surface area contributed by atoms with Crippen LogP contribution in [0.25, 0.3) is 0 Å². The topological polar surface area (TPSA) is 77.5 Å². The lowest BCUT2D eigenvalue weighted by atomic mass is 9.68. The van der Waals surface area contributed by atoms with Crippen molar-refractivity contribution in [3.63, 3.8) is 0 Å². The molecule has 1 aliphatic carbocycles. The summed E-state index contributed by atoms with van der Waals surface area (Å²) < 4.78 is 23.3. The van der Waals surface area contributed by atoms with E-state index in [1.54, 1.807) is 13.8 Å². The third-order valence-corrected chi connectivity index (χ3v) is 5.02. The van der Waals surface area contributed by atoms with Gasteiger partial charge in [-0.25, -0.2) is 4.31 Å². The van der Waals surface area contributed by atoms with Crippen LogP contribution in [-0.2, 0) is 20.9 Å². The predicted molar refractivity (Wildman–Crippen MR) is 99.4 cm³/mol. The Morgan fingerprint density at radius 1 is 0.920 bits per heavy atom. The monoisotopic (exact) mass is 368 g/mol. The fraction of sp³-hybridized carbons (Fsp3) is 0.684. The molecule has 0 bridgehead atoms. The van der Waals surface area contributed by atoms with E-state index in [2.05, 4.69) is 20.8 Å². The molecule has 0 fully saturated rings. The summed E-state index contributed by atoms with van der Waals surface area (Å²) in [6.07, 6.45) is 3.61. The van der Waals surface area contributed by atoms with Gasteiger partial charge in [-0.05, 0) is 36.5 Å². The van der Waals surface area contributed by atoms with Gasteiger partial charge in [-0.3, -0.25) is 13.8 Å². The summed E-state index contributed by atoms with van der Waals surface area (Å²) in [5.41, 5.74) is -0.266. The molecular formula is C19H30NO4S-. The SMILES string of the molecule is CN(CC(C)(C)C1=CC(=O)C(C(C)(C)CC(C)(C)C)=CC1=O)S(=O)[O-]. The summed E-state index contributed by atoms with van der Waals surface area (Å²) in [6, 6.07) is 0. The molecular weight excluding hydrogens is 338 g/mol. The third kappa shape index (κ3) is 5.69. The quantitative estimate of drug-likeness (QED) is 0.533. The smallest absolute Gasteiger partial charge is 0.182 e. The van der Waals surface area contributed by atoms with Crippen molar-refractivity contribution in [2.45, 2.75) is 54.9 Å². The van der Waals surface area contributed by atoms with Gasteiger partial charge in [0, 0.05) is 34.4 Å². The lowest BCUT2D eigenvalue weighted by molar-refractivity contribution is -0.116. The highest BCUT2D eigenvalue weighted by Crippen LogP contribution is 2.42. The first-order valence-electron chi connectivity index (χ1n) is 8.40. The molecule has 142 valence electrons. The molecule has 0 spiro atoms. The van der Waals surface area contributed by atoms with Crippen LogP contribution in [0.5, 0.6) is 0 Å². The summed E-state index contributed by atoms with van der Waals surface area (Å²) in [7, 11) is 1.44. The van der Waals surface area contributed by atoms with Crippen molar-refractivity contribution < 1.29 is 18.4 Å². The molecule has 5 nitrogen and oxygen atoms in total. The van der Waals surface area contributed by atoms with Crippen molar-refractivity contribution in [3.05, 3.63) is 23.3 Å². The van der Waals surface area contributed by atoms with Gasteiger partial charge in [-0.15, -0.1) is 0 Å². The number of carbonyl (C=O) groups excluding carboxylic acids is 2. The molecule has 1 rings (SSSR count). The molecule has 6 heteroatoms. The van der Waals surface area contributed by atoms with Crippen LogP contribution >= 0.6 is 0 Å². The summed E-state index contributed by atoms with van der Waals surface area (Å²) >= 11 is -2.37. The molecule has 0 amide bonds. The molecule has 0 aromatic heterocycles. The Balaban J connectivity index is 3.13. The summed E-state index contributed by atoms with van der Waals surface area (Å²) in [5, 5.41) is 0. The molecule has 0 saturated carbocycles. The summed E-state index contributed by atoms with van der Waals surface area (Å²) in [6.45, 7) is 13.9. The highest BCUT2D eigenvalue weighted by molar-refractivity contribution is 7.76. The van der Waals surface area contributed by atoms with Gasteiger partial charge in [0.1, 0.15) is 0 Å². The highest BCUT2D eigenvalue weighted by Gasteiger charge is 2.38. The molecule has 0 saturated heterocycles. The first kappa shape index (κ1) is 21.9. The van der Waals surface area contributed by atoms with Crippen molar-refractivity contribution in [1.29, 1.82) is 0 Å². The van der Waals surface area contributed by atoms with Crippen LogP contribution in [0.4, 0.5) is 0 Å². The van der Waals surface area contributed by atoms with Crippen LogP contribution in [0.3, 0.4) is 0 Å². The van der Waals surface area contributed by atoms with Crippen molar-refractivity contribution in [2.75, 3.05) is 13.6 Å². The van der Waals surface area contributed by atoms with Crippen LogP contribution in [-0.4, -0.2) is 38.2 Å². The van der Waals surface area contributed by atoms with E-state index in [0.717, 1.165) is 10.7 Å². The van der Waals surface area contributed by atoms with Gasteiger partial charge in [0.2, 0.25) is 0 Å². The number of hydrogen-bond acceptors (Lipinski definition) is 4. The van der Waals surface area contributed by atoms with Crippen molar-refractivity contribution in [1.82, 2.24) is 4.31 Å². The lowest BCUT2D eigenvalue weighted by Crippen LogP contribution is -2.38. The predicted octanol–water partition coefficient (Wildman–Crippen LogP) is 3.21. The molecule has 0 aromatic rings. The van der Waals surface area contributed by atoms with Crippen LogP contribution in [0.2, 0.25) is 0 Å². The second kappa shape index (κ2) is 7.25. The summed E-state index contributed by atoms with van der Waals surface area (Å²) in [4.78, 5) is 25.4. The molecule has 0 aromatic carbocycles. The zero-order chi connectivity index (χ0) is 19.8. The van der Waals surface area contributed by atoms with E-state index >= 15 is 0 Å². The average Bonchev–Trinajstić information content (AvgIpc) is 2.37. The Morgan fingerprint density at radius 3 is 1.68 bits per heavy atom. The molecule has 1 unspecified atom stereocenters. The fourth-order valence-electron chi connectivity index (χ4n) is 3.73. The number of nitrogens with zero attached hydrogens (tertiary/aromatic N) is 1. The number of hydrogen-bond donors (Lipinski definition) is 0. The Hall–Kier alpha value is -1.11. The molecule has 0 radical (unpaired) electrons. The second-order valence-electron chi connectivity index (χ2n) is 9.35. The summed E-state index contributed by atoms with van der Waals surface area (Å²) in [5.74, 6) is -0.380. The van der Waals surface area contributed by atoms with Gasteiger partial charge < -0.3 is 4.55 Å². The van der Waals surface area contributed by atoms with Gasteiger partial charge in [0.05, 0.1) is 0 Å². The second-order valence-corrected chi connectivity index (χ2v) is 10.4. The molecule has 0 aliphatic heterocycles. The van der Waals surface area contributed by atoms with Crippen molar-refractivity contribution in [3.8, 4) is 0 Å². The van der Waals surface area contributed by atoms with Gasteiger partial charge in [-0.1, -0.05) is 48.5 Å². The first-order chi connectivity index (χ1) is 11.1. The minimum atomic E-state index is -2.37. The number of rotatable bonds is 6. The van der Waals surface area contributed by atoms with Crippen LogP contribution < -0.4 is 0 Å². The minimum absolute atomic E-state index is 0.0256. The van der Waals surface area contributed by atoms with Gasteiger partial charge in [0.15, 0.2) is 11.6 Å². The van der Waals surface area contributed by atoms with E-state index in [1.807, 2.05) is 13.8 Å². The standard InChI is InChI=1S/C19H31NO4S/c1-17(2,3)11-18(4,5)13-9-16(22)14(10-15(13)21)19(6,7)12-20(8)25(23)24/h9-10H,11-12H2,1-8H3,(H,23,24)/p-1. The highest BCUT2D eigenvalue weighted by atomic mass is 32.2. The largest absolute Gasteiger partial charge is 0.760 e. The molecule has 1 atom stereocenters. The van der Waals surface area contributed by atoms with E-state index in [9.17, 15) is 18.4 Å². The molecule has 0 heterocycles. The Labute approximate surface area is 154 Å². The molecule has 1 aliphatic rings. The van der Waals surface area contributed by atoms with E-state index in [0.29, 0.717) is 11.1 Å². The Kier molecular flexibility index (Phi) is 6.36. The van der Waals surface area contributed by atoms with Crippen LogP contribution in [0.1, 0.15) is 54.9 Å². The Bertz CT molecular complexity index is 651. The van der Waals surface area contributed by atoms with E-state index < -0.39 is 22.1 Å². The zero-order valence-electron chi connectivity index (χ0n) is 16.6. The number of ketones is 2. The third-order valence-electron chi connectivity index (χ3n) is 4.38. The Morgan fingerprint density at radius 2 is 1.32 bits per heavy atom. The zero-order valence-corrected chi connectivity index (χ0v) is 17.4. The van der Waals surface area contributed by atoms with Crippen LogP contribution in [0.15, 0.2) is 23.3 Å².